The molecule has 2 aromatic rings. The van der Waals surface area contributed by atoms with Crippen molar-refractivity contribution in [2.24, 2.45) is 7.05 Å². The van der Waals surface area contributed by atoms with Gasteiger partial charge >= 0.3 is 0 Å². The summed E-state index contributed by atoms with van der Waals surface area (Å²) in [4.78, 5) is 2.08. The molecule has 0 aliphatic rings. The first kappa shape index (κ1) is 11.4. The van der Waals surface area contributed by atoms with Crippen molar-refractivity contribution >= 4 is 11.4 Å². The van der Waals surface area contributed by atoms with Gasteiger partial charge < -0.3 is 10.2 Å². The van der Waals surface area contributed by atoms with E-state index < -0.39 is 0 Å². The van der Waals surface area contributed by atoms with Gasteiger partial charge in [-0.25, -0.2) is 0 Å². The van der Waals surface area contributed by atoms with Gasteiger partial charge in [-0.2, -0.15) is 0 Å². The third kappa shape index (κ3) is 2.75. The van der Waals surface area contributed by atoms with Crippen LogP contribution in [0.3, 0.4) is 0 Å². The highest BCUT2D eigenvalue weighted by molar-refractivity contribution is 5.54. The van der Waals surface area contributed by atoms with Gasteiger partial charge in [-0.3, -0.25) is 4.68 Å². The lowest BCUT2D eigenvalue weighted by Gasteiger charge is -2.13. The highest BCUT2D eigenvalue weighted by Crippen LogP contribution is 2.16. The zero-order valence-electron chi connectivity index (χ0n) is 10.4. The van der Waals surface area contributed by atoms with E-state index in [0.717, 1.165) is 17.9 Å². The summed E-state index contributed by atoms with van der Waals surface area (Å²) in [7, 11) is 5.95. The molecule has 0 saturated carbocycles. The van der Waals surface area contributed by atoms with Gasteiger partial charge in [0.25, 0.3) is 0 Å². The van der Waals surface area contributed by atoms with Crippen LogP contribution in [0.15, 0.2) is 30.5 Å². The monoisotopic (exact) mass is 231 g/mol. The molecule has 1 aromatic carbocycles. The van der Waals surface area contributed by atoms with Crippen LogP contribution in [0, 0.1) is 0 Å². The van der Waals surface area contributed by atoms with E-state index in [1.807, 2.05) is 21.1 Å². The number of aryl methyl sites for hydroxylation is 1. The molecule has 0 fully saturated rings. The summed E-state index contributed by atoms with van der Waals surface area (Å²) in [6.07, 6.45) is 1.77. The van der Waals surface area contributed by atoms with E-state index in [1.165, 1.54) is 5.69 Å². The van der Waals surface area contributed by atoms with Gasteiger partial charge in [0.05, 0.1) is 18.4 Å². The minimum atomic E-state index is 0.727. The van der Waals surface area contributed by atoms with Crippen molar-refractivity contribution in [1.29, 1.82) is 0 Å². The van der Waals surface area contributed by atoms with Gasteiger partial charge in [0.2, 0.25) is 0 Å². The Morgan fingerprint density at radius 2 is 1.94 bits per heavy atom. The minimum absolute atomic E-state index is 0.727. The van der Waals surface area contributed by atoms with Crippen LogP contribution in [0.25, 0.3) is 0 Å². The highest BCUT2D eigenvalue weighted by Gasteiger charge is 2.00. The molecule has 1 heterocycles. The molecule has 0 unspecified atom stereocenters. The zero-order chi connectivity index (χ0) is 12.3. The minimum Gasteiger partial charge on any atom is -0.379 e. The largest absolute Gasteiger partial charge is 0.379 e. The van der Waals surface area contributed by atoms with Crippen molar-refractivity contribution < 1.29 is 0 Å². The molecule has 1 N–H and O–H groups in total. The van der Waals surface area contributed by atoms with Crippen LogP contribution in [0.1, 0.15) is 5.69 Å². The standard InChI is InChI=1S/C12H17N5/c1-16(2)11-6-4-10(5-7-11)13-8-12-9-14-15-17(12)3/h4-7,9,13H,8H2,1-3H3. The van der Waals surface area contributed by atoms with E-state index in [2.05, 4.69) is 44.8 Å². The fourth-order valence-corrected chi connectivity index (χ4v) is 1.54. The van der Waals surface area contributed by atoms with Crippen LogP contribution >= 0.6 is 0 Å². The van der Waals surface area contributed by atoms with Gasteiger partial charge in [-0.1, -0.05) is 5.21 Å². The van der Waals surface area contributed by atoms with Crippen LogP contribution in [-0.2, 0) is 13.6 Å². The summed E-state index contributed by atoms with van der Waals surface area (Å²) in [5.74, 6) is 0. The lowest BCUT2D eigenvalue weighted by atomic mass is 10.2. The molecule has 0 saturated heterocycles. The van der Waals surface area contributed by atoms with Crippen LogP contribution < -0.4 is 10.2 Å². The van der Waals surface area contributed by atoms with E-state index >= 15 is 0 Å². The number of hydrogen-bond donors (Lipinski definition) is 1. The Bertz CT molecular complexity index is 472. The molecule has 0 aliphatic carbocycles. The second kappa shape index (κ2) is 4.86. The second-order valence-electron chi connectivity index (χ2n) is 4.14. The number of rotatable bonds is 4. The fourth-order valence-electron chi connectivity index (χ4n) is 1.54. The predicted octanol–water partition coefficient (Wildman–Crippen LogP) is 1.49. The summed E-state index contributed by atoms with van der Waals surface area (Å²) in [5.41, 5.74) is 3.34. The SMILES string of the molecule is CN(C)c1ccc(NCc2cnnn2C)cc1. The number of nitrogens with zero attached hydrogens (tertiary/aromatic N) is 4. The first-order chi connectivity index (χ1) is 8.16. The smallest absolute Gasteiger partial charge is 0.0774 e. The molecule has 5 nitrogen and oxygen atoms in total. The van der Waals surface area contributed by atoms with E-state index in [4.69, 9.17) is 0 Å². The van der Waals surface area contributed by atoms with Gasteiger partial charge in [0.15, 0.2) is 0 Å². The lowest BCUT2D eigenvalue weighted by Crippen LogP contribution is -2.09. The van der Waals surface area contributed by atoms with Gasteiger partial charge in [0.1, 0.15) is 0 Å². The number of aromatic nitrogens is 3. The summed E-state index contributed by atoms with van der Waals surface area (Å²) in [6.45, 7) is 0.727. The van der Waals surface area contributed by atoms with E-state index in [-0.39, 0.29) is 0 Å². The van der Waals surface area contributed by atoms with Crippen molar-refractivity contribution in [3.05, 3.63) is 36.2 Å². The van der Waals surface area contributed by atoms with Crippen molar-refractivity contribution in [2.75, 3.05) is 24.3 Å². The molecule has 17 heavy (non-hydrogen) atoms. The molecule has 0 atom stereocenters. The first-order valence-electron chi connectivity index (χ1n) is 5.51. The van der Waals surface area contributed by atoms with Crippen LogP contribution in [-0.4, -0.2) is 29.1 Å². The summed E-state index contributed by atoms with van der Waals surface area (Å²) in [5, 5.41) is 11.1. The number of hydrogen-bond acceptors (Lipinski definition) is 4. The van der Waals surface area contributed by atoms with Gasteiger partial charge in [-0.05, 0) is 24.3 Å². The average Bonchev–Trinajstić information content (AvgIpc) is 2.73. The lowest BCUT2D eigenvalue weighted by molar-refractivity contribution is 0.683. The molecule has 2 rings (SSSR count). The van der Waals surface area contributed by atoms with Gasteiger partial charge in [0, 0.05) is 32.5 Å². The maximum Gasteiger partial charge on any atom is 0.0774 e. The molecule has 0 spiro atoms. The van der Waals surface area contributed by atoms with Crippen molar-refractivity contribution in [3.8, 4) is 0 Å². The van der Waals surface area contributed by atoms with Crippen molar-refractivity contribution in [2.45, 2.75) is 6.54 Å². The normalized spacial score (nSPS) is 10.3. The Morgan fingerprint density at radius 1 is 1.24 bits per heavy atom. The molecular formula is C12H17N5. The third-order valence-corrected chi connectivity index (χ3v) is 2.67. The Hall–Kier alpha value is -2.04. The number of anilines is 2. The Balaban J connectivity index is 1.98. The number of benzene rings is 1. The molecule has 0 bridgehead atoms. The highest BCUT2D eigenvalue weighted by atomic mass is 15.4. The molecule has 90 valence electrons. The second-order valence-corrected chi connectivity index (χ2v) is 4.14. The summed E-state index contributed by atoms with van der Waals surface area (Å²) >= 11 is 0. The average molecular weight is 231 g/mol. The van der Waals surface area contributed by atoms with Crippen molar-refractivity contribution in [3.63, 3.8) is 0 Å². The van der Waals surface area contributed by atoms with E-state index in [9.17, 15) is 0 Å². The topological polar surface area (TPSA) is 46.0 Å². The third-order valence-electron chi connectivity index (χ3n) is 2.67. The Labute approximate surface area is 101 Å². The van der Waals surface area contributed by atoms with Gasteiger partial charge in [-0.15, -0.1) is 5.10 Å². The zero-order valence-corrected chi connectivity index (χ0v) is 10.4. The quantitative estimate of drug-likeness (QED) is 0.866. The molecule has 0 amide bonds. The number of nitrogens with one attached hydrogen (secondary N) is 1. The predicted molar refractivity (Wildman–Crippen MR) is 69.1 cm³/mol. The van der Waals surface area contributed by atoms with Crippen molar-refractivity contribution in [1.82, 2.24) is 15.0 Å². The first-order valence-corrected chi connectivity index (χ1v) is 5.51. The fraction of sp³-hybridized carbons (Fsp3) is 0.333. The maximum absolute atomic E-state index is 3.89. The van der Waals surface area contributed by atoms with Crippen LogP contribution in [0.5, 0.6) is 0 Å². The van der Waals surface area contributed by atoms with Crippen LogP contribution in [0.2, 0.25) is 0 Å². The van der Waals surface area contributed by atoms with E-state index in [0.29, 0.717) is 0 Å². The Morgan fingerprint density at radius 3 is 2.47 bits per heavy atom. The maximum atomic E-state index is 3.89. The molecule has 0 radical (unpaired) electrons. The molecule has 0 aliphatic heterocycles. The van der Waals surface area contributed by atoms with Crippen LogP contribution in [0.4, 0.5) is 11.4 Å². The summed E-state index contributed by atoms with van der Waals surface area (Å²) in [6, 6.07) is 8.31. The molecule has 5 heteroatoms. The van der Waals surface area contributed by atoms with E-state index in [1.54, 1.807) is 10.9 Å². The molecular weight excluding hydrogens is 214 g/mol. The molecule has 1 aromatic heterocycles. The summed E-state index contributed by atoms with van der Waals surface area (Å²) < 4.78 is 1.77. The Kier molecular flexibility index (Phi) is 3.27.